The van der Waals surface area contributed by atoms with Crippen molar-refractivity contribution in [3.63, 3.8) is 0 Å². The zero-order valence-electron chi connectivity index (χ0n) is 20.9. The van der Waals surface area contributed by atoms with Gasteiger partial charge in [-0.3, -0.25) is 4.79 Å². The van der Waals surface area contributed by atoms with Crippen molar-refractivity contribution in [1.29, 1.82) is 0 Å². The molecule has 0 radical (unpaired) electrons. The van der Waals surface area contributed by atoms with Crippen molar-refractivity contribution in [1.82, 2.24) is 0 Å². The summed E-state index contributed by atoms with van der Waals surface area (Å²) in [5, 5.41) is 9.18. The molecule has 0 heterocycles. The Morgan fingerprint density at radius 1 is 1.03 bits per heavy atom. The van der Waals surface area contributed by atoms with Crippen LogP contribution < -0.4 is 4.74 Å². The van der Waals surface area contributed by atoms with E-state index < -0.39 is 17.0 Å². The van der Waals surface area contributed by atoms with Crippen LogP contribution in [0.15, 0.2) is 54.6 Å². The predicted octanol–water partition coefficient (Wildman–Crippen LogP) is 4.73. The highest BCUT2D eigenvalue weighted by molar-refractivity contribution is 5.92. The third-order valence-electron chi connectivity index (χ3n) is 5.11. The molecule has 0 amide bonds. The third kappa shape index (κ3) is 11.4. The van der Waals surface area contributed by atoms with Gasteiger partial charge < -0.3 is 19.0 Å². The summed E-state index contributed by atoms with van der Waals surface area (Å²) in [7, 11) is 0. The Hall–Kier alpha value is -4.21. The van der Waals surface area contributed by atoms with Gasteiger partial charge in [-0.05, 0) is 54.7 Å². The largest absolute Gasteiger partial charge is 0.463 e. The van der Waals surface area contributed by atoms with Gasteiger partial charge in [-0.1, -0.05) is 43.7 Å². The van der Waals surface area contributed by atoms with Crippen LogP contribution in [0.1, 0.15) is 61.0 Å². The second-order valence-electron chi connectivity index (χ2n) is 8.10. The Bertz CT molecular complexity index is 1080. The summed E-state index contributed by atoms with van der Waals surface area (Å²) < 4.78 is 15.9. The summed E-state index contributed by atoms with van der Waals surface area (Å²) in [6.45, 7) is 3.45. The van der Waals surface area contributed by atoms with Gasteiger partial charge in [0, 0.05) is 19.4 Å². The van der Waals surface area contributed by atoms with Crippen molar-refractivity contribution in [2.75, 3.05) is 13.2 Å². The van der Waals surface area contributed by atoms with E-state index in [4.69, 9.17) is 14.2 Å². The van der Waals surface area contributed by atoms with E-state index in [0.717, 1.165) is 12.0 Å². The number of unbranched alkanes of at least 4 members (excludes halogenated alkanes) is 1. The molecule has 2 aromatic carbocycles. The molecule has 0 fully saturated rings. The standard InChI is InChI=1S/C27H31NO9/c1-3-8-24(36-20(2)29)19-22-9-4-5-10-25(22)27(31)37-23-14-11-21(12-15-23)13-16-26(30)34-17-6-7-18-35-28(32)33/h4-5,9-16,24H,3,6-8,17-19H2,1-2H3. The third-order valence-corrected chi connectivity index (χ3v) is 5.11. The fraction of sp³-hybridized carbons (Fsp3) is 0.370. The van der Waals surface area contributed by atoms with Crippen LogP contribution in [0.2, 0.25) is 0 Å². The molecular formula is C27H31NO9. The Morgan fingerprint density at radius 2 is 1.73 bits per heavy atom. The summed E-state index contributed by atoms with van der Waals surface area (Å²) in [5.41, 5.74) is 1.82. The average Bonchev–Trinajstić information content (AvgIpc) is 2.85. The molecule has 0 spiro atoms. The first-order valence-electron chi connectivity index (χ1n) is 12.0. The lowest BCUT2D eigenvalue weighted by Crippen LogP contribution is -2.21. The minimum atomic E-state index is -0.864. The summed E-state index contributed by atoms with van der Waals surface area (Å²) >= 11 is 0. The van der Waals surface area contributed by atoms with E-state index >= 15 is 0 Å². The summed E-state index contributed by atoms with van der Waals surface area (Å²) in [4.78, 5) is 50.3. The predicted molar refractivity (Wildman–Crippen MR) is 134 cm³/mol. The highest BCUT2D eigenvalue weighted by Crippen LogP contribution is 2.20. The number of ether oxygens (including phenoxy) is 3. The first-order chi connectivity index (χ1) is 17.8. The molecule has 0 saturated heterocycles. The Kier molecular flexibility index (Phi) is 12.3. The molecule has 0 aliphatic rings. The zero-order valence-corrected chi connectivity index (χ0v) is 20.9. The molecule has 10 nitrogen and oxygen atoms in total. The number of rotatable bonds is 15. The monoisotopic (exact) mass is 513 g/mol. The molecule has 1 atom stereocenters. The lowest BCUT2D eigenvalue weighted by Gasteiger charge is -2.18. The van der Waals surface area contributed by atoms with Crippen LogP contribution in [-0.4, -0.2) is 42.3 Å². The van der Waals surface area contributed by atoms with Crippen molar-refractivity contribution >= 4 is 24.0 Å². The lowest BCUT2D eigenvalue weighted by atomic mass is 9.99. The van der Waals surface area contributed by atoms with Crippen molar-refractivity contribution in [3.8, 4) is 5.75 Å². The number of carbonyl (C=O) groups excluding carboxylic acids is 3. The smallest absolute Gasteiger partial charge is 0.343 e. The van der Waals surface area contributed by atoms with E-state index in [-0.39, 0.29) is 25.3 Å². The molecule has 0 saturated carbocycles. The topological polar surface area (TPSA) is 131 Å². The zero-order chi connectivity index (χ0) is 27.0. The molecule has 0 aliphatic heterocycles. The molecule has 2 rings (SSSR count). The van der Waals surface area contributed by atoms with Gasteiger partial charge in [0.25, 0.3) is 5.09 Å². The van der Waals surface area contributed by atoms with Gasteiger partial charge in [0.1, 0.15) is 11.9 Å². The molecule has 0 N–H and O–H groups in total. The minimum absolute atomic E-state index is 0.0451. The number of hydrogen-bond donors (Lipinski definition) is 0. The molecule has 0 bridgehead atoms. The Balaban J connectivity index is 1.90. The molecule has 0 aromatic heterocycles. The van der Waals surface area contributed by atoms with Crippen molar-refractivity contribution in [3.05, 3.63) is 81.4 Å². The molecule has 37 heavy (non-hydrogen) atoms. The van der Waals surface area contributed by atoms with Crippen LogP contribution in [0.4, 0.5) is 0 Å². The molecule has 2 aromatic rings. The quantitative estimate of drug-likeness (QED) is 0.0828. The van der Waals surface area contributed by atoms with Crippen molar-refractivity contribution in [2.45, 2.75) is 52.1 Å². The number of benzene rings is 2. The first-order valence-corrected chi connectivity index (χ1v) is 12.0. The minimum Gasteiger partial charge on any atom is -0.463 e. The lowest BCUT2D eigenvalue weighted by molar-refractivity contribution is -0.757. The van der Waals surface area contributed by atoms with Gasteiger partial charge in [-0.25, -0.2) is 9.59 Å². The van der Waals surface area contributed by atoms with Gasteiger partial charge >= 0.3 is 17.9 Å². The summed E-state index contributed by atoms with van der Waals surface area (Å²) in [6, 6.07) is 13.6. The van der Waals surface area contributed by atoms with Crippen LogP contribution in [0.5, 0.6) is 5.75 Å². The van der Waals surface area contributed by atoms with E-state index in [1.165, 1.54) is 13.0 Å². The summed E-state index contributed by atoms with van der Waals surface area (Å²) in [6.07, 6.45) is 5.27. The molecule has 1 unspecified atom stereocenters. The van der Waals surface area contributed by atoms with E-state index in [2.05, 4.69) is 4.84 Å². The molecule has 10 heteroatoms. The average molecular weight is 514 g/mol. The molecular weight excluding hydrogens is 482 g/mol. The molecule has 198 valence electrons. The highest BCUT2D eigenvalue weighted by atomic mass is 16.9. The maximum Gasteiger partial charge on any atom is 0.343 e. The van der Waals surface area contributed by atoms with E-state index in [1.54, 1.807) is 42.5 Å². The normalized spacial score (nSPS) is 11.5. The number of esters is 3. The number of hydrogen-bond acceptors (Lipinski definition) is 9. The van der Waals surface area contributed by atoms with E-state index in [1.807, 2.05) is 19.1 Å². The second-order valence-corrected chi connectivity index (χ2v) is 8.10. The van der Waals surface area contributed by atoms with E-state index in [9.17, 15) is 24.5 Å². The Morgan fingerprint density at radius 3 is 2.41 bits per heavy atom. The summed E-state index contributed by atoms with van der Waals surface area (Å²) in [5.74, 6) is -1.09. The van der Waals surface area contributed by atoms with Gasteiger partial charge in [0.2, 0.25) is 0 Å². The number of carbonyl (C=O) groups is 3. The van der Waals surface area contributed by atoms with Crippen molar-refractivity contribution in [2.24, 2.45) is 0 Å². The van der Waals surface area contributed by atoms with Crippen molar-refractivity contribution < 1.29 is 38.5 Å². The van der Waals surface area contributed by atoms with Gasteiger partial charge in [-0.2, -0.15) is 0 Å². The second kappa shape index (κ2) is 15.7. The van der Waals surface area contributed by atoms with Gasteiger partial charge in [0.05, 0.1) is 18.8 Å². The first kappa shape index (κ1) is 29.0. The fourth-order valence-corrected chi connectivity index (χ4v) is 3.44. The van der Waals surface area contributed by atoms with Crippen LogP contribution >= 0.6 is 0 Å². The molecule has 0 aliphatic carbocycles. The SMILES string of the molecule is CCCC(Cc1ccccc1C(=O)Oc1ccc(C=CC(=O)OCCCCO[N+](=O)[O-])cc1)OC(C)=O. The van der Waals surface area contributed by atoms with Crippen LogP contribution in [0.25, 0.3) is 6.08 Å². The highest BCUT2D eigenvalue weighted by Gasteiger charge is 2.18. The van der Waals surface area contributed by atoms with Gasteiger partial charge in [0.15, 0.2) is 0 Å². The van der Waals surface area contributed by atoms with Crippen LogP contribution in [0.3, 0.4) is 0 Å². The van der Waals surface area contributed by atoms with Crippen LogP contribution in [-0.2, 0) is 30.3 Å². The number of nitrogens with zero attached hydrogens (tertiary/aromatic N) is 1. The Labute approximate surface area is 215 Å². The van der Waals surface area contributed by atoms with Gasteiger partial charge in [-0.15, -0.1) is 10.1 Å². The van der Waals surface area contributed by atoms with E-state index in [0.29, 0.717) is 42.6 Å². The fourth-order valence-electron chi connectivity index (χ4n) is 3.44. The maximum absolute atomic E-state index is 12.8. The maximum atomic E-state index is 12.8. The van der Waals surface area contributed by atoms with Crippen LogP contribution in [0, 0.1) is 10.1 Å².